The molecule has 106 valence electrons. The fraction of sp³-hybridized carbons (Fsp3) is 0.500. The van der Waals surface area contributed by atoms with Crippen molar-refractivity contribution < 1.29 is 4.63 Å². The van der Waals surface area contributed by atoms with Crippen molar-refractivity contribution in [2.45, 2.75) is 33.2 Å². The molecule has 0 aliphatic carbocycles. The second-order valence-corrected chi connectivity index (χ2v) is 6.42. The van der Waals surface area contributed by atoms with E-state index >= 15 is 0 Å². The zero-order chi connectivity index (χ0) is 14.2. The lowest BCUT2D eigenvalue weighted by Crippen LogP contribution is -2.23. The van der Waals surface area contributed by atoms with Gasteiger partial charge in [0.05, 0.1) is 0 Å². The predicted molar refractivity (Wildman–Crippen MR) is 77.3 cm³/mol. The number of aromatic nitrogens is 2. The highest BCUT2D eigenvalue weighted by Gasteiger charge is 2.40. The second-order valence-electron chi connectivity index (χ2n) is 6.42. The topological polar surface area (TPSA) is 42.2 Å². The van der Waals surface area contributed by atoms with E-state index in [1.165, 1.54) is 5.56 Å². The van der Waals surface area contributed by atoms with Gasteiger partial charge in [-0.15, -0.1) is 0 Å². The molecule has 0 amide bonds. The van der Waals surface area contributed by atoms with E-state index in [0.29, 0.717) is 5.92 Å². The van der Waals surface area contributed by atoms with Crippen LogP contribution >= 0.6 is 0 Å². The Kier molecular flexibility index (Phi) is 3.34. The maximum absolute atomic E-state index is 4.79. The van der Waals surface area contributed by atoms with Gasteiger partial charge in [-0.25, -0.2) is 4.63 Å². The summed E-state index contributed by atoms with van der Waals surface area (Å²) in [6.07, 6.45) is 0. The van der Waals surface area contributed by atoms with Crippen LogP contribution in [0.3, 0.4) is 0 Å². The van der Waals surface area contributed by atoms with Gasteiger partial charge >= 0.3 is 0 Å². The van der Waals surface area contributed by atoms with E-state index < -0.39 is 0 Å². The standard InChI is InChI=1S/C16H21N3O/c1-12-15(18-20-17-12)10-19-9-14(16(2,3)11-19)13-7-5-4-6-8-13/h4-8,14H,9-11H2,1-3H3/t14-/m1/s1. The van der Waals surface area contributed by atoms with Crippen LogP contribution in [0.5, 0.6) is 0 Å². The molecule has 1 aromatic heterocycles. The molecule has 4 heteroatoms. The molecule has 2 heterocycles. The van der Waals surface area contributed by atoms with E-state index in [0.717, 1.165) is 31.0 Å². The van der Waals surface area contributed by atoms with Gasteiger partial charge in [-0.2, -0.15) is 0 Å². The molecule has 0 radical (unpaired) electrons. The van der Waals surface area contributed by atoms with Crippen LogP contribution in [0, 0.1) is 12.3 Å². The molecule has 1 aromatic carbocycles. The summed E-state index contributed by atoms with van der Waals surface area (Å²) in [5, 5.41) is 7.86. The van der Waals surface area contributed by atoms with E-state index in [2.05, 4.69) is 59.4 Å². The Morgan fingerprint density at radius 2 is 2.00 bits per heavy atom. The van der Waals surface area contributed by atoms with Gasteiger partial charge in [0.1, 0.15) is 11.4 Å². The van der Waals surface area contributed by atoms with Crippen LogP contribution < -0.4 is 0 Å². The maximum atomic E-state index is 4.79. The summed E-state index contributed by atoms with van der Waals surface area (Å²) < 4.78 is 4.79. The number of rotatable bonds is 3. The lowest BCUT2D eigenvalue weighted by molar-refractivity contribution is 0.264. The minimum absolute atomic E-state index is 0.270. The third-order valence-electron chi connectivity index (χ3n) is 4.34. The normalized spacial score (nSPS) is 22.2. The van der Waals surface area contributed by atoms with Gasteiger partial charge in [-0.3, -0.25) is 4.90 Å². The number of nitrogens with zero attached hydrogens (tertiary/aromatic N) is 3. The van der Waals surface area contributed by atoms with Crippen LogP contribution in [0.15, 0.2) is 35.0 Å². The molecule has 0 bridgehead atoms. The van der Waals surface area contributed by atoms with Gasteiger partial charge < -0.3 is 0 Å². The number of hydrogen-bond acceptors (Lipinski definition) is 4. The lowest BCUT2D eigenvalue weighted by atomic mass is 9.78. The highest BCUT2D eigenvalue weighted by atomic mass is 16.6. The Morgan fingerprint density at radius 3 is 2.65 bits per heavy atom. The molecule has 1 fully saturated rings. The zero-order valence-electron chi connectivity index (χ0n) is 12.3. The molecule has 1 atom stereocenters. The van der Waals surface area contributed by atoms with Crippen molar-refractivity contribution in [3.63, 3.8) is 0 Å². The molecule has 20 heavy (non-hydrogen) atoms. The van der Waals surface area contributed by atoms with E-state index in [4.69, 9.17) is 4.63 Å². The summed E-state index contributed by atoms with van der Waals surface area (Å²) >= 11 is 0. The van der Waals surface area contributed by atoms with Gasteiger partial charge in [0.15, 0.2) is 0 Å². The number of aryl methyl sites for hydroxylation is 1. The predicted octanol–water partition coefficient (Wildman–Crippen LogP) is 3.00. The molecule has 2 aromatic rings. The van der Waals surface area contributed by atoms with E-state index in [9.17, 15) is 0 Å². The monoisotopic (exact) mass is 271 g/mol. The van der Waals surface area contributed by atoms with Crippen molar-refractivity contribution in [2.24, 2.45) is 5.41 Å². The molecule has 0 saturated carbocycles. The summed E-state index contributed by atoms with van der Waals surface area (Å²) in [5.41, 5.74) is 3.54. The van der Waals surface area contributed by atoms with Crippen molar-refractivity contribution in [3.05, 3.63) is 47.3 Å². The van der Waals surface area contributed by atoms with Gasteiger partial charge in [0.25, 0.3) is 0 Å². The van der Waals surface area contributed by atoms with Crippen molar-refractivity contribution >= 4 is 0 Å². The Bertz CT molecular complexity index is 576. The van der Waals surface area contributed by atoms with E-state index in [1.807, 2.05) is 6.92 Å². The molecule has 4 nitrogen and oxygen atoms in total. The van der Waals surface area contributed by atoms with Crippen LogP contribution in [-0.2, 0) is 6.54 Å². The van der Waals surface area contributed by atoms with Crippen molar-refractivity contribution in [1.82, 2.24) is 15.2 Å². The number of likely N-dealkylation sites (tertiary alicyclic amines) is 1. The Labute approximate surface area is 119 Å². The molecular weight excluding hydrogens is 250 g/mol. The Balaban J connectivity index is 1.77. The molecule has 3 rings (SSSR count). The summed E-state index contributed by atoms with van der Waals surface area (Å²) in [6, 6.07) is 10.8. The van der Waals surface area contributed by atoms with Crippen molar-refractivity contribution in [2.75, 3.05) is 13.1 Å². The third-order valence-corrected chi connectivity index (χ3v) is 4.34. The summed E-state index contributed by atoms with van der Waals surface area (Å²) in [6.45, 7) is 9.59. The van der Waals surface area contributed by atoms with Crippen molar-refractivity contribution in [1.29, 1.82) is 0 Å². The van der Waals surface area contributed by atoms with Gasteiger partial charge in [0, 0.05) is 25.6 Å². The molecule has 0 N–H and O–H groups in total. The highest BCUT2D eigenvalue weighted by molar-refractivity contribution is 5.24. The maximum Gasteiger partial charge on any atom is 0.122 e. The average molecular weight is 271 g/mol. The zero-order valence-corrected chi connectivity index (χ0v) is 12.3. The first kappa shape index (κ1) is 13.3. The first-order valence-electron chi connectivity index (χ1n) is 7.11. The summed E-state index contributed by atoms with van der Waals surface area (Å²) in [5.74, 6) is 0.559. The Morgan fingerprint density at radius 1 is 1.25 bits per heavy atom. The van der Waals surface area contributed by atoms with Gasteiger partial charge in [-0.05, 0) is 17.9 Å². The van der Waals surface area contributed by atoms with Gasteiger partial charge in [-0.1, -0.05) is 54.5 Å². The summed E-state index contributed by atoms with van der Waals surface area (Å²) in [4.78, 5) is 2.45. The molecule has 0 unspecified atom stereocenters. The van der Waals surface area contributed by atoms with Crippen LogP contribution in [-0.4, -0.2) is 28.3 Å². The number of hydrogen-bond donors (Lipinski definition) is 0. The molecule has 1 aliphatic heterocycles. The highest BCUT2D eigenvalue weighted by Crippen LogP contribution is 2.42. The van der Waals surface area contributed by atoms with E-state index in [1.54, 1.807) is 0 Å². The first-order valence-corrected chi connectivity index (χ1v) is 7.11. The molecular formula is C16H21N3O. The van der Waals surface area contributed by atoms with E-state index in [-0.39, 0.29) is 5.41 Å². The smallest absolute Gasteiger partial charge is 0.122 e. The molecule has 1 aliphatic rings. The SMILES string of the molecule is Cc1nonc1CN1C[C@H](c2ccccc2)C(C)(C)C1. The minimum atomic E-state index is 0.270. The largest absolute Gasteiger partial charge is 0.296 e. The van der Waals surface area contributed by atoms with Crippen molar-refractivity contribution in [3.8, 4) is 0 Å². The van der Waals surface area contributed by atoms with Gasteiger partial charge in [0.2, 0.25) is 0 Å². The quantitative estimate of drug-likeness (QED) is 0.860. The fourth-order valence-electron chi connectivity index (χ4n) is 3.22. The third kappa shape index (κ3) is 2.48. The summed E-state index contributed by atoms with van der Waals surface area (Å²) in [7, 11) is 0. The van der Waals surface area contributed by atoms with Crippen LogP contribution in [0.1, 0.15) is 36.7 Å². The second kappa shape index (κ2) is 5.02. The number of benzene rings is 1. The molecule has 1 saturated heterocycles. The molecule has 0 spiro atoms. The Hall–Kier alpha value is -1.68. The fourth-order valence-corrected chi connectivity index (χ4v) is 3.22. The lowest BCUT2D eigenvalue weighted by Gasteiger charge is -2.26. The van der Waals surface area contributed by atoms with Crippen LogP contribution in [0.2, 0.25) is 0 Å². The van der Waals surface area contributed by atoms with Crippen LogP contribution in [0.4, 0.5) is 0 Å². The van der Waals surface area contributed by atoms with Crippen LogP contribution in [0.25, 0.3) is 0 Å². The minimum Gasteiger partial charge on any atom is -0.296 e. The first-order chi connectivity index (χ1) is 9.56. The average Bonchev–Trinajstić information content (AvgIpc) is 2.94.